The Labute approximate surface area is 519 Å². The van der Waals surface area contributed by atoms with Crippen LogP contribution in [0, 0.1) is 13.8 Å². The second-order valence-corrected chi connectivity index (χ2v) is 23.3. The van der Waals surface area contributed by atoms with Crippen LogP contribution in [0.4, 0.5) is 8.78 Å². The average Bonchev–Trinajstić information content (AvgIpc) is 2.42. The summed E-state index contributed by atoms with van der Waals surface area (Å²) < 4.78 is 84.2. The summed E-state index contributed by atoms with van der Waals surface area (Å²) in [6.45, 7) is 6.14. The molecule has 2 saturated heterocycles. The normalized spacial score (nSPS) is 16.2. The monoisotopic (exact) mass is 1290 g/mol. The molecule has 4 N–H and O–H groups in total. The molecule has 0 bridgehead atoms. The zero-order valence-electron chi connectivity index (χ0n) is 46.9. The quantitative estimate of drug-likeness (QED) is 0.0610. The Balaban J connectivity index is 0.000000250. The van der Waals surface area contributed by atoms with E-state index in [4.69, 9.17) is 5.11 Å². The number of hydrogen-bond donors (Lipinski definition) is 4. The molecule has 4 atom stereocenters. The second-order valence-electron chi connectivity index (χ2n) is 19.8. The lowest BCUT2D eigenvalue weighted by atomic mass is 10.0. The Kier molecular flexibility index (Phi) is 25.4. The SMILES string of the molecule is CC(=O)c1cn(CC(=O)N2C[C@H](F)C[C@H]2CCNS(=O)(=O)c2ccccc2)c2ccc(-c3cnc(C)nc3)cc12.CC(=O)c1cn(CC(=O)O)c2ccc(-c3cnc(C)nc3)cc12.Cl.O=C(CNS(=O)(=O)c1ccccc1)[C@@H]1C[C@@H](F)CN1.S.S=S. The second kappa shape index (κ2) is 31.4. The molecule has 4 aromatic heterocycles. The number of likely N-dealkylation sites (tertiary alicyclic amines) is 1. The lowest BCUT2D eigenvalue weighted by molar-refractivity contribution is -0.137. The van der Waals surface area contributed by atoms with E-state index in [1.165, 1.54) is 43.0 Å². The standard InChI is InChI=1S/C29H30FN5O4S.C17H15N3O3.C12H15FN2O3S.ClH.S2.H2S/c1-19(36)27-17-34(28-9-8-21(12-26(27)28)22-14-31-20(2)32-15-22)18-29(37)35-16-23(30)13-24(35)10-11-33-40(38,39)25-6-4-3-5-7-25;1-10(21)15-8-20(9-17(22)23)16-4-3-12(5-14(15)16)13-6-18-11(2)19-7-13;13-9-6-11(14-7-9)12(16)8-15-19(17,18)10-4-2-1-3-5-10;;1-2;/h3-9,12,14-15,17,23-24,33H,10-11,13,16,18H2,1-2H3;3-8H,9H2,1-2H3,(H,22,23);1-5,9,11,14-15H,6-8H2;1H;;1H2/t23-,24-;;9-,11+;;;/m1.1.../s1. The summed E-state index contributed by atoms with van der Waals surface area (Å²) in [6.07, 6.45) is 8.45. The smallest absolute Gasteiger partial charge is 0.323 e. The van der Waals surface area contributed by atoms with Crippen LogP contribution in [0.2, 0.25) is 0 Å². The largest absolute Gasteiger partial charge is 0.480 e. The van der Waals surface area contributed by atoms with Crippen LogP contribution in [-0.2, 0) is 69.9 Å². The van der Waals surface area contributed by atoms with Crippen LogP contribution in [-0.4, -0.2) is 136 Å². The first-order valence-corrected chi connectivity index (χ1v) is 30.5. The van der Waals surface area contributed by atoms with Gasteiger partial charge in [0.1, 0.15) is 37.1 Å². The average molecular weight is 1290 g/mol. The number of aryl methyl sites for hydroxylation is 2. The highest BCUT2D eigenvalue weighted by molar-refractivity contribution is 8.07. The van der Waals surface area contributed by atoms with E-state index in [0.717, 1.165) is 33.2 Å². The summed E-state index contributed by atoms with van der Waals surface area (Å²) in [4.78, 5) is 79.0. The molecule has 2 aliphatic heterocycles. The highest BCUT2D eigenvalue weighted by Gasteiger charge is 2.36. The molecule has 0 radical (unpaired) electrons. The van der Waals surface area contributed by atoms with Crippen molar-refractivity contribution in [2.45, 2.75) is 94.3 Å². The van der Waals surface area contributed by atoms with Gasteiger partial charge in [0.2, 0.25) is 26.0 Å². The Hall–Kier alpha value is -7.21. The first kappa shape index (κ1) is 69.6. The van der Waals surface area contributed by atoms with E-state index in [2.05, 4.69) is 57.1 Å². The zero-order chi connectivity index (χ0) is 60.9. The van der Waals surface area contributed by atoms with E-state index in [-0.39, 0.29) is 117 Å². The molecule has 86 heavy (non-hydrogen) atoms. The van der Waals surface area contributed by atoms with E-state index < -0.39 is 50.4 Å². The third-order valence-corrected chi connectivity index (χ3v) is 16.7. The number of fused-ring (bicyclic) bond motifs is 2. The summed E-state index contributed by atoms with van der Waals surface area (Å²) in [5, 5.41) is 13.2. The van der Waals surface area contributed by atoms with Crippen molar-refractivity contribution in [1.82, 2.24) is 48.7 Å². The van der Waals surface area contributed by atoms with Crippen LogP contribution in [0.3, 0.4) is 0 Å². The van der Waals surface area contributed by atoms with Gasteiger partial charge in [-0.25, -0.2) is 55.0 Å². The number of carboxylic acid groups (broad SMARTS) is 1. The Morgan fingerprint density at radius 1 is 0.651 bits per heavy atom. The van der Waals surface area contributed by atoms with Crippen molar-refractivity contribution in [3.05, 3.63) is 157 Å². The number of carbonyl (C=O) groups is 5. The minimum atomic E-state index is -3.70. The van der Waals surface area contributed by atoms with Gasteiger partial charge in [-0.05, 0) is 93.8 Å². The summed E-state index contributed by atoms with van der Waals surface area (Å²) in [5.41, 5.74) is 5.80. The van der Waals surface area contributed by atoms with Crippen molar-refractivity contribution in [3.8, 4) is 22.3 Å². The molecule has 20 nitrogen and oxygen atoms in total. The number of halogens is 3. The summed E-state index contributed by atoms with van der Waals surface area (Å²) in [7, 11) is -7.39. The molecule has 8 aromatic rings. The van der Waals surface area contributed by atoms with Crippen LogP contribution in [0.1, 0.15) is 65.5 Å². The number of benzene rings is 4. The van der Waals surface area contributed by atoms with E-state index in [9.17, 15) is 49.6 Å². The van der Waals surface area contributed by atoms with Crippen LogP contribution < -0.4 is 14.8 Å². The number of Topliss-reactive ketones (excluding diaryl/α,β-unsaturated/α-hetero) is 3. The third kappa shape index (κ3) is 17.9. The maximum absolute atomic E-state index is 14.4. The first-order valence-electron chi connectivity index (χ1n) is 26.2. The molecule has 1 amide bonds. The van der Waals surface area contributed by atoms with Gasteiger partial charge in [-0.2, -0.15) is 13.5 Å². The van der Waals surface area contributed by atoms with Crippen molar-refractivity contribution in [3.63, 3.8) is 0 Å². The van der Waals surface area contributed by atoms with Crippen LogP contribution in [0.25, 0.3) is 44.1 Å². The number of nitrogens with zero attached hydrogens (tertiary/aromatic N) is 7. The lowest BCUT2D eigenvalue weighted by Gasteiger charge is -2.25. The molecule has 456 valence electrons. The maximum Gasteiger partial charge on any atom is 0.323 e. The molecule has 2 fully saturated rings. The van der Waals surface area contributed by atoms with Gasteiger partial charge in [0.25, 0.3) is 0 Å². The minimum Gasteiger partial charge on any atom is -0.480 e. The molecule has 0 spiro atoms. The van der Waals surface area contributed by atoms with Gasteiger partial charge in [0.05, 0.1) is 28.9 Å². The minimum absolute atomic E-state index is 0. The van der Waals surface area contributed by atoms with Crippen molar-refractivity contribution < 1.29 is 54.7 Å². The summed E-state index contributed by atoms with van der Waals surface area (Å²) >= 11 is 7.33. The number of sulfonamides is 2. The van der Waals surface area contributed by atoms with Gasteiger partial charge in [0.15, 0.2) is 17.3 Å². The lowest BCUT2D eigenvalue weighted by Crippen LogP contribution is -2.40. The summed E-state index contributed by atoms with van der Waals surface area (Å²) in [6, 6.07) is 25.9. The molecular weight excluding hydrogens is 1230 g/mol. The molecule has 0 saturated carbocycles. The first-order chi connectivity index (χ1) is 40.1. The fourth-order valence-corrected chi connectivity index (χ4v) is 11.7. The van der Waals surface area contributed by atoms with Crippen molar-refractivity contribution in [1.29, 1.82) is 0 Å². The Bertz CT molecular complexity index is 3910. The Morgan fingerprint density at radius 3 is 1.53 bits per heavy atom. The number of aliphatic carboxylic acids is 1. The molecule has 28 heteroatoms. The van der Waals surface area contributed by atoms with Gasteiger partial charge in [-0.3, -0.25) is 24.0 Å². The number of ketones is 3. The molecule has 4 aromatic carbocycles. The Morgan fingerprint density at radius 2 is 1.10 bits per heavy atom. The molecular formula is C58H63ClF2N10O10S5. The number of aromatic nitrogens is 6. The fraction of sp³-hybridized carbons (Fsp3) is 0.293. The summed E-state index contributed by atoms with van der Waals surface area (Å²) in [5.74, 6) is -0.486. The van der Waals surface area contributed by atoms with Crippen LogP contribution >= 0.6 is 25.9 Å². The van der Waals surface area contributed by atoms with E-state index in [1.54, 1.807) is 89.6 Å². The number of alkyl halides is 2. The molecule has 0 aliphatic carbocycles. The number of hydrogen-bond acceptors (Lipinski definition) is 16. The number of amides is 1. The molecule has 0 unspecified atom stereocenters. The van der Waals surface area contributed by atoms with Gasteiger partial charge >= 0.3 is 5.97 Å². The molecule has 10 rings (SSSR count). The highest BCUT2D eigenvalue weighted by Crippen LogP contribution is 2.31. The fourth-order valence-electron chi connectivity index (χ4n) is 9.63. The van der Waals surface area contributed by atoms with Crippen molar-refractivity contribution >= 4 is 119 Å². The maximum atomic E-state index is 14.4. The number of carbonyl (C=O) groups excluding carboxylic acids is 4. The zero-order valence-corrected chi connectivity index (χ0v) is 52.0. The van der Waals surface area contributed by atoms with E-state index >= 15 is 0 Å². The van der Waals surface area contributed by atoms with Gasteiger partial charge in [-0.15, -0.1) is 12.4 Å². The molecule has 2 aliphatic rings. The van der Waals surface area contributed by atoms with E-state index in [1.807, 2.05) is 43.3 Å². The van der Waals surface area contributed by atoms with Crippen molar-refractivity contribution in [2.75, 3.05) is 26.2 Å². The number of rotatable bonds is 18. The van der Waals surface area contributed by atoms with Gasteiger partial charge in [-0.1, -0.05) is 48.5 Å². The van der Waals surface area contributed by atoms with Crippen molar-refractivity contribution in [2.24, 2.45) is 0 Å². The number of carboxylic acids is 1. The number of nitrogens with one attached hydrogen (secondary N) is 3. The van der Waals surface area contributed by atoms with Gasteiger partial charge < -0.3 is 24.5 Å². The topological polar surface area (TPSA) is 275 Å². The highest BCUT2D eigenvalue weighted by atomic mass is 35.5. The predicted molar refractivity (Wildman–Crippen MR) is 335 cm³/mol. The van der Waals surface area contributed by atoms with Crippen LogP contribution in [0.15, 0.2) is 144 Å². The molecule has 6 heterocycles. The van der Waals surface area contributed by atoms with E-state index in [0.29, 0.717) is 33.7 Å². The predicted octanol–water partition coefficient (Wildman–Crippen LogP) is 7.37. The van der Waals surface area contributed by atoms with Crippen LogP contribution in [0.5, 0.6) is 0 Å². The van der Waals surface area contributed by atoms with Gasteiger partial charge in [0, 0.05) is 136 Å². The third-order valence-electron chi connectivity index (χ3n) is 13.8.